The molecular weight excluding hydrogens is 244 g/mol. The highest BCUT2D eigenvalue weighted by Crippen LogP contribution is 2.30. The summed E-state index contributed by atoms with van der Waals surface area (Å²) in [4.78, 5) is 10.1. The first kappa shape index (κ1) is 12.7. The molecule has 98 valence electrons. The first-order chi connectivity index (χ1) is 8.59. The molecule has 0 saturated carbocycles. The molecule has 2 rings (SSSR count). The van der Waals surface area contributed by atoms with Gasteiger partial charge in [-0.2, -0.15) is 0 Å². The van der Waals surface area contributed by atoms with E-state index in [9.17, 15) is 18.9 Å². The number of benzene rings is 1. The Morgan fingerprint density at radius 3 is 2.83 bits per heavy atom. The Balaban J connectivity index is 2.29. The molecule has 1 heterocycles. The summed E-state index contributed by atoms with van der Waals surface area (Å²) in [6.45, 7) is 1.44. The van der Waals surface area contributed by atoms with Crippen molar-refractivity contribution >= 4 is 11.4 Å². The minimum Gasteiger partial charge on any atom is -0.373 e. The van der Waals surface area contributed by atoms with Gasteiger partial charge >= 0.3 is 0 Å². The van der Waals surface area contributed by atoms with Crippen molar-refractivity contribution in [3.8, 4) is 0 Å². The van der Waals surface area contributed by atoms with Gasteiger partial charge in [-0.25, -0.2) is 8.78 Å². The zero-order valence-electron chi connectivity index (χ0n) is 9.58. The molecule has 1 atom stereocenters. The van der Waals surface area contributed by atoms with E-state index in [0.29, 0.717) is 6.54 Å². The standard InChI is InChI=1S/C11H13F2N3O2/c12-8-3-4-9(16(17)18)11(10(8)13)15-7-2-1-5-14-6-7/h3-4,7,14-15H,1-2,5-6H2. The van der Waals surface area contributed by atoms with E-state index in [4.69, 9.17) is 0 Å². The van der Waals surface area contributed by atoms with Gasteiger partial charge in [-0.1, -0.05) is 0 Å². The van der Waals surface area contributed by atoms with Crippen molar-refractivity contribution in [1.29, 1.82) is 0 Å². The number of anilines is 1. The van der Waals surface area contributed by atoms with Crippen molar-refractivity contribution in [3.63, 3.8) is 0 Å². The summed E-state index contributed by atoms with van der Waals surface area (Å²) in [7, 11) is 0. The maximum Gasteiger partial charge on any atom is 0.295 e. The normalized spacial score (nSPS) is 19.6. The van der Waals surface area contributed by atoms with Gasteiger partial charge in [0.15, 0.2) is 17.3 Å². The quantitative estimate of drug-likeness (QED) is 0.642. The highest BCUT2D eigenvalue weighted by atomic mass is 19.2. The molecule has 1 aromatic rings. The molecule has 0 radical (unpaired) electrons. The molecule has 7 heteroatoms. The summed E-state index contributed by atoms with van der Waals surface area (Å²) in [5.41, 5.74) is -0.812. The lowest BCUT2D eigenvalue weighted by Crippen LogP contribution is -2.38. The number of halogens is 2. The second kappa shape index (κ2) is 5.26. The number of hydrogen-bond donors (Lipinski definition) is 2. The van der Waals surface area contributed by atoms with Crippen LogP contribution in [0.2, 0.25) is 0 Å². The van der Waals surface area contributed by atoms with E-state index in [0.717, 1.165) is 31.5 Å². The van der Waals surface area contributed by atoms with Crippen molar-refractivity contribution in [2.24, 2.45) is 0 Å². The van der Waals surface area contributed by atoms with E-state index in [1.54, 1.807) is 0 Å². The summed E-state index contributed by atoms with van der Waals surface area (Å²) in [5, 5.41) is 16.6. The molecule has 5 nitrogen and oxygen atoms in total. The summed E-state index contributed by atoms with van der Waals surface area (Å²) in [6.07, 6.45) is 1.66. The summed E-state index contributed by atoms with van der Waals surface area (Å²) in [5.74, 6) is -2.29. The summed E-state index contributed by atoms with van der Waals surface area (Å²) >= 11 is 0. The van der Waals surface area contributed by atoms with Crippen LogP contribution in [-0.4, -0.2) is 24.1 Å². The molecule has 1 aliphatic rings. The Morgan fingerprint density at radius 1 is 1.44 bits per heavy atom. The van der Waals surface area contributed by atoms with Crippen LogP contribution < -0.4 is 10.6 Å². The Labute approximate surface area is 102 Å². The van der Waals surface area contributed by atoms with E-state index in [2.05, 4.69) is 10.6 Å². The molecule has 2 N–H and O–H groups in total. The SMILES string of the molecule is O=[N+]([O-])c1ccc(F)c(F)c1NC1CCCNC1. The average Bonchev–Trinajstić information content (AvgIpc) is 2.36. The Morgan fingerprint density at radius 2 is 2.22 bits per heavy atom. The lowest BCUT2D eigenvalue weighted by molar-refractivity contribution is -0.384. The van der Waals surface area contributed by atoms with Gasteiger partial charge in [-0.05, 0) is 25.5 Å². The fraction of sp³-hybridized carbons (Fsp3) is 0.455. The smallest absolute Gasteiger partial charge is 0.295 e. The minimum absolute atomic E-state index is 0.131. The highest BCUT2D eigenvalue weighted by molar-refractivity contribution is 5.63. The fourth-order valence-electron chi connectivity index (χ4n) is 2.01. The Hall–Kier alpha value is -1.76. The maximum absolute atomic E-state index is 13.6. The molecule has 1 aromatic carbocycles. The van der Waals surface area contributed by atoms with E-state index in [-0.39, 0.29) is 11.7 Å². The van der Waals surface area contributed by atoms with Gasteiger partial charge in [-0.3, -0.25) is 10.1 Å². The third kappa shape index (κ3) is 2.56. The summed E-state index contributed by atoms with van der Waals surface area (Å²) < 4.78 is 26.7. The van der Waals surface area contributed by atoms with Crippen molar-refractivity contribution in [3.05, 3.63) is 33.9 Å². The number of rotatable bonds is 3. The third-order valence-corrected chi connectivity index (χ3v) is 2.91. The van der Waals surface area contributed by atoms with Gasteiger partial charge in [0.1, 0.15) is 0 Å². The lowest BCUT2D eigenvalue weighted by atomic mass is 10.1. The van der Waals surface area contributed by atoms with Gasteiger partial charge in [0, 0.05) is 18.7 Å². The molecule has 1 fully saturated rings. The van der Waals surface area contributed by atoms with E-state index >= 15 is 0 Å². The molecule has 0 aromatic heterocycles. The van der Waals surface area contributed by atoms with Crippen molar-refractivity contribution in [2.75, 3.05) is 18.4 Å². The van der Waals surface area contributed by atoms with Crippen molar-refractivity contribution in [1.82, 2.24) is 5.32 Å². The van der Waals surface area contributed by atoms with Crippen LogP contribution in [0.25, 0.3) is 0 Å². The van der Waals surface area contributed by atoms with E-state index < -0.39 is 22.2 Å². The van der Waals surface area contributed by atoms with Crippen molar-refractivity contribution in [2.45, 2.75) is 18.9 Å². The van der Waals surface area contributed by atoms with Gasteiger partial charge in [0.25, 0.3) is 5.69 Å². The first-order valence-corrected chi connectivity index (χ1v) is 5.69. The molecule has 0 amide bonds. The van der Waals surface area contributed by atoms with E-state index in [1.807, 2.05) is 0 Å². The van der Waals surface area contributed by atoms with Crippen LogP contribution in [0.4, 0.5) is 20.2 Å². The topological polar surface area (TPSA) is 67.2 Å². The largest absolute Gasteiger partial charge is 0.373 e. The second-order valence-electron chi connectivity index (χ2n) is 4.20. The number of piperidine rings is 1. The van der Waals surface area contributed by atoms with E-state index in [1.165, 1.54) is 0 Å². The van der Waals surface area contributed by atoms with Crippen molar-refractivity contribution < 1.29 is 13.7 Å². The number of hydrogen-bond acceptors (Lipinski definition) is 4. The monoisotopic (exact) mass is 257 g/mol. The summed E-state index contributed by atoms with van der Waals surface area (Å²) in [6, 6.07) is 1.60. The maximum atomic E-state index is 13.6. The molecule has 0 bridgehead atoms. The second-order valence-corrected chi connectivity index (χ2v) is 4.20. The Kier molecular flexibility index (Phi) is 3.71. The average molecular weight is 257 g/mol. The van der Waals surface area contributed by atoms with Crippen LogP contribution in [0.5, 0.6) is 0 Å². The zero-order chi connectivity index (χ0) is 13.1. The number of nitrogens with one attached hydrogen (secondary N) is 2. The van der Waals surface area contributed by atoms with Crippen LogP contribution >= 0.6 is 0 Å². The molecular formula is C11H13F2N3O2. The first-order valence-electron chi connectivity index (χ1n) is 5.69. The van der Waals surface area contributed by atoms with Crippen LogP contribution in [0.3, 0.4) is 0 Å². The molecule has 18 heavy (non-hydrogen) atoms. The zero-order valence-corrected chi connectivity index (χ0v) is 9.58. The van der Waals surface area contributed by atoms with Gasteiger partial charge in [0.05, 0.1) is 4.92 Å². The molecule has 1 aliphatic heterocycles. The molecule has 1 saturated heterocycles. The number of nitrogens with zero attached hydrogens (tertiary/aromatic N) is 1. The molecule has 1 unspecified atom stereocenters. The number of nitro benzene ring substituents is 1. The predicted molar refractivity (Wildman–Crippen MR) is 62.5 cm³/mol. The van der Waals surface area contributed by atoms with Crippen LogP contribution in [0, 0.1) is 21.7 Å². The highest BCUT2D eigenvalue weighted by Gasteiger charge is 2.24. The number of nitro groups is 1. The Bertz CT molecular complexity index is 462. The van der Waals surface area contributed by atoms with Crippen LogP contribution in [0.15, 0.2) is 12.1 Å². The van der Waals surface area contributed by atoms with Gasteiger partial charge < -0.3 is 10.6 Å². The molecule has 0 spiro atoms. The van der Waals surface area contributed by atoms with Gasteiger partial charge in [-0.15, -0.1) is 0 Å². The van der Waals surface area contributed by atoms with Gasteiger partial charge in [0.2, 0.25) is 0 Å². The van der Waals surface area contributed by atoms with Crippen LogP contribution in [-0.2, 0) is 0 Å². The lowest BCUT2D eigenvalue weighted by Gasteiger charge is -2.24. The minimum atomic E-state index is -1.20. The van der Waals surface area contributed by atoms with Crippen LogP contribution in [0.1, 0.15) is 12.8 Å². The fourth-order valence-corrected chi connectivity index (χ4v) is 2.01. The third-order valence-electron chi connectivity index (χ3n) is 2.91. The molecule has 0 aliphatic carbocycles. The predicted octanol–water partition coefficient (Wildman–Crippen LogP) is 2.04.